The maximum atomic E-state index is 12.5. The van der Waals surface area contributed by atoms with E-state index in [0.29, 0.717) is 25.3 Å². The molecule has 0 fully saturated rings. The molecule has 0 aliphatic rings. The summed E-state index contributed by atoms with van der Waals surface area (Å²) in [4.78, 5) is 12.5. The number of carbonyl (C=O) groups is 1. The normalized spacial score (nSPS) is 10.8. The number of hydrogen-bond donors (Lipinski definition) is 0. The highest BCUT2D eigenvalue weighted by Crippen LogP contribution is 2.19. The highest BCUT2D eigenvalue weighted by molar-refractivity contribution is 9.10. The lowest BCUT2D eigenvalue weighted by atomic mass is 10.0. The first-order valence-corrected chi connectivity index (χ1v) is 7.70. The summed E-state index contributed by atoms with van der Waals surface area (Å²) in [6.45, 7) is 3.18. The van der Waals surface area contributed by atoms with E-state index >= 15 is 0 Å². The zero-order valence-corrected chi connectivity index (χ0v) is 13.9. The minimum atomic E-state index is 0.0960. The van der Waals surface area contributed by atoms with Crippen LogP contribution in [0.3, 0.4) is 0 Å². The molecular formula is C16H19BrN2O2. The van der Waals surface area contributed by atoms with E-state index in [-0.39, 0.29) is 5.78 Å². The van der Waals surface area contributed by atoms with Gasteiger partial charge in [-0.15, -0.1) is 0 Å². The molecule has 2 aromatic rings. The topological polar surface area (TPSA) is 44.1 Å². The standard InChI is InChI=1S/C16H19BrN2O2/c1-12-5-3-4-6-13(12)7-8-15(20)16-14(17)11-18-19(16)9-10-21-2/h3-6,11H,7-10H2,1-2H3. The van der Waals surface area contributed by atoms with Gasteiger partial charge in [-0.05, 0) is 40.4 Å². The van der Waals surface area contributed by atoms with Gasteiger partial charge in [-0.1, -0.05) is 24.3 Å². The van der Waals surface area contributed by atoms with Crippen LogP contribution in [0, 0.1) is 6.92 Å². The van der Waals surface area contributed by atoms with Gasteiger partial charge in [0.1, 0.15) is 5.69 Å². The molecule has 0 atom stereocenters. The summed E-state index contributed by atoms with van der Waals surface area (Å²) in [6.07, 6.45) is 2.88. The fourth-order valence-corrected chi connectivity index (χ4v) is 2.76. The third-order valence-electron chi connectivity index (χ3n) is 3.45. The molecule has 0 aliphatic heterocycles. The maximum absolute atomic E-state index is 12.5. The quantitative estimate of drug-likeness (QED) is 0.718. The number of ketones is 1. The van der Waals surface area contributed by atoms with E-state index in [2.05, 4.69) is 40.1 Å². The SMILES string of the molecule is COCCn1ncc(Br)c1C(=O)CCc1ccccc1C. The number of Topliss-reactive ketones (excluding diaryl/α,β-unsaturated/α-hetero) is 1. The third kappa shape index (κ3) is 4.02. The minimum Gasteiger partial charge on any atom is -0.383 e. The second-order valence-corrected chi connectivity index (χ2v) is 5.76. The summed E-state index contributed by atoms with van der Waals surface area (Å²) in [5.74, 6) is 0.0960. The molecule has 21 heavy (non-hydrogen) atoms. The zero-order valence-electron chi connectivity index (χ0n) is 12.3. The molecule has 0 aliphatic carbocycles. The number of carbonyl (C=O) groups excluding carboxylic acids is 1. The van der Waals surface area contributed by atoms with Crippen LogP contribution in [-0.4, -0.2) is 29.3 Å². The predicted molar refractivity (Wildman–Crippen MR) is 85.6 cm³/mol. The highest BCUT2D eigenvalue weighted by Gasteiger charge is 2.17. The average molecular weight is 351 g/mol. The molecule has 1 aromatic heterocycles. The number of methoxy groups -OCH3 is 1. The molecule has 1 aromatic carbocycles. The van der Waals surface area contributed by atoms with Gasteiger partial charge >= 0.3 is 0 Å². The van der Waals surface area contributed by atoms with Crippen molar-refractivity contribution in [2.24, 2.45) is 0 Å². The molecule has 4 nitrogen and oxygen atoms in total. The van der Waals surface area contributed by atoms with E-state index in [4.69, 9.17) is 4.74 Å². The van der Waals surface area contributed by atoms with Crippen LogP contribution < -0.4 is 0 Å². The summed E-state index contributed by atoms with van der Waals surface area (Å²) < 4.78 is 7.49. The predicted octanol–water partition coefficient (Wildman–Crippen LogP) is 3.42. The number of hydrogen-bond acceptors (Lipinski definition) is 3. The summed E-state index contributed by atoms with van der Waals surface area (Å²) >= 11 is 3.41. The van der Waals surface area contributed by atoms with Crippen molar-refractivity contribution < 1.29 is 9.53 Å². The summed E-state index contributed by atoms with van der Waals surface area (Å²) in [6, 6.07) is 8.15. The van der Waals surface area contributed by atoms with E-state index in [9.17, 15) is 4.79 Å². The number of aromatic nitrogens is 2. The number of aryl methyl sites for hydroxylation is 2. The van der Waals surface area contributed by atoms with Crippen molar-refractivity contribution in [3.05, 3.63) is 51.8 Å². The fraction of sp³-hybridized carbons (Fsp3) is 0.375. The van der Waals surface area contributed by atoms with Crippen LogP contribution in [0.15, 0.2) is 34.9 Å². The Balaban J connectivity index is 2.07. The minimum absolute atomic E-state index is 0.0960. The van der Waals surface area contributed by atoms with Gasteiger partial charge in [0, 0.05) is 13.5 Å². The number of benzene rings is 1. The Morgan fingerprint density at radius 2 is 2.14 bits per heavy atom. The molecule has 0 bridgehead atoms. The molecule has 0 radical (unpaired) electrons. The third-order valence-corrected chi connectivity index (χ3v) is 4.03. The van der Waals surface area contributed by atoms with E-state index in [1.54, 1.807) is 18.0 Å². The smallest absolute Gasteiger partial charge is 0.182 e. The van der Waals surface area contributed by atoms with Crippen molar-refractivity contribution in [3.8, 4) is 0 Å². The molecule has 2 rings (SSSR count). The van der Waals surface area contributed by atoms with E-state index < -0.39 is 0 Å². The Morgan fingerprint density at radius 1 is 1.38 bits per heavy atom. The van der Waals surface area contributed by atoms with Gasteiger partial charge in [0.25, 0.3) is 0 Å². The van der Waals surface area contributed by atoms with Crippen molar-refractivity contribution in [1.82, 2.24) is 9.78 Å². The largest absolute Gasteiger partial charge is 0.383 e. The lowest BCUT2D eigenvalue weighted by Crippen LogP contribution is -2.14. The highest BCUT2D eigenvalue weighted by atomic mass is 79.9. The number of rotatable bonds is 7. The molecule has 5 heteroatoms. The molecule has 1 heterocycles. The van der Waals surface area contributed by atoms with Crippen LogP contribution in [0.1, 0.15) is 28.0 Å². The van der Waals surface area contributed by atoms with Gasteiger partial charge in [-0.3, -0.25) is 9.48 Å². The van der Waals surface area contributed by atoms with Crippen LogP contribution in [0.2, 0.25) is 0 Å². The molecule has 0 N–H and O–H groups in total. The Bertz CT molecular complexity index is 622. The van der Waals surface area contributed by atoms with Crippen LogP contribution in [0.25, 0.3) is 0 Å². The molecule has 0 saturated heterocycles. The second-order valence-electron chi connectivity index (χ2n) is 4.91. The Morgan fingerprint density at radius 3 is 2.86 bits per heavy atom. The van der Waals surface area contributed by atoms with Gasteiger partial charge in [-0.25, -0.2) is 0 Å². The first kappa shape index (κ1) is 15.9. The van der Waals surface area contributed by atoms with Crippen LogP contribution in [0.5, 0.6) is 0 Å². The molecule has 0 spiro atoms. The Hall–Kier alpha value is -1.46. The molecular weight excluding hydrogens is 332 g/mol. The monoisotopic (exact) mass is 350 g/mol. The number of ether oxygens (including phenoxy) is 1. The van der Waals surface area contributed by atoms with Gasteiger partial charge in [0.05, 0.1) is 23.8 Å². The van der Waals surface area contributed by atoms with E-state index in [1.807, 2.05) is 12.1 Å². The fourth-order valence-electron chi connectivity index (χ4n) is 2.24. The van der Waals surface area contributed by atoms with Gasteiger partial charge in [0.2, 0.25) is 0 Å². The van der Waals surface area contributed by atoms with E-state index in [0.717, 1.165) is 10.9 Å². The van der Waals surface area contributed by atoms with Crippen molar-refractivity contribution in [1.29, 1.82) is 0 Å². The van der Waals surface area contributed by atoms with Crippen molar-refractivity contribution in [2.45, 2.75) is 26.3 Å². The molecule has 0 unspecified atom stereocenters. The van der Waals surface area contributed by atoms with Crippen LogP contribution in [-0.2, 0) is 17.7 Å². The first-order chi connectivity index (χ1) is 10.1. The van der Waals surface area contributed by atoms with Crippen molar-refractivity contribution in [3.63, 3.8) is 0 Å². The Kier molecular flexibility index (Phi) is 5.70. The Labute approximate surface area is 133 Å². The zero-order chi connectivity index (χ0) is 15.2. The number of halogens is 1. The molecule has 0 saturated carbocycles. The summed E-state index contributed by atoms with van der Waals surface area (Å²) in [7, 11) is 1.64. The van der Waals surface area contributed by atoms with Crippen molar-refractivity contribution >= 4 is 21.7 Å². The summed E-state index contributed by atoms with van der Waals surface area (Å²) in [5, 5.41) is 4.22. The van der Waals surface area contributed by atoms with Crippen molar-refractivity contribution in [2.75, 3.05) is 13.7 Å². The molecule has 0 amide bonds. The lowest BCUT2D eigenvalue weighted by Gasteiger charge is -2.08. The average Bonchev–Trinajstić information content (AvgIpc) is 2.85. The van der Waals surface area contributed by atoms with Crippen LogP contribution in [0.4, 0.5) is 0 Å². The van der Waals surface area contributed by atoms with E-state index in [1.165, 1.54) is 11.1 Å². The second kappa shape index (κ2) is 7.52. The van der Waals surface area contributed by atoms with Gasteiger partial charge in [-0.2, -0.15) is 5.10 Å². The van der Waals surface area contributed by atoms with Gasteiger partial charge in [0.15, 0.2) is 5.78 Å². The first-order valence-electron chi connectivity index (χ1n) is 6.91. The van der Waals surface area contributed by atoms with Crippen LogP contribution >= 0.6 is 15.9 Å². The van der Waals surface area contributed by atoms with Gasteiger partial charge < -0.3 is 4.74 Å². The lowest BCUT2D eigenvalue weighted by molar-refractivity contribution is 0.0968. The maximum Gasteiger partial charge on any atom is 0.182 e. The molecule has 112 valence electrons. The summed E-state index contributed by atoms with van der Waals surface area (Å²) in [5.41, 5.74) is 3.06. The number of nitrogens with zero attached hydrogens (tertiary/aromatic N) is 2.